The molecule has 0 radical (unpaired) electrons. The van der Waals surface area contributed by atoms with Crippen LogP contribution >= 0.6 is 0 Å². The number of carbonyl (C=O) groups is 1. The summed E-state index contributed by atoms with van der Waals surface area (Å²) in [6.07, 6.45) is 0.956. The van der Waals surface area contributed by atoms with Gasteiger partial charge in [-0.05, 0) is 30.5 Å². The molecule has 0 aliphatic carbocycles. The summed E-state index contributed by atoms with van der Waals surface area (Å²) in [5, 5.41) is 2.84. The van der Waals surface area contributed by atoms with Crippen LogP contribution in [0.15, 0.2) is 18.2 Å². The molecule has 1 aromatic carbocycles. The Hall–Kier alpha value is -1.53. The molecule has 0 spiro atoms. The third-order valence-corrected chi connectivity index (χ3v) is 3.99. The number of morpholine rings is 1. The monoisotopic (exact) mass is 326 g/mol. The Kier molecular flexibility index (Phi) is 6.47. The molecule has 1 amide bonds. The van der Waals surface area contributed by atoms with Crippen LogP contribution < -0.4 is 5.32 Å². The Morgan fingerprint density at radius 1 is 1.26 bits per heavy atom. The van der Waals surface area contributed by atoms with E-state index in [9.17, 15) is 13.6 Å². The molecule has 1 aromatic rings. The van der Waals surface area contributed by atoms with E-state index in [0.717, 1.165) is 31.6 Å². The maximum absolute atomic E-state index is 13.2. The Morgan fingerprint density at radius 3 is 2.57 bits per heavy atom. The van der Waals surface area contributed by atoms with Gasteiger partial charge in [0, 0.05) is 31.2 Å². The Balaban J connectivity index is 1.96. The van der Waals surface area contributed by atoms with Crippen molar-refractivity contribution in [3.05, 3.63) is 35.4 Å². The summed E-state index contributed by atoms with van der Waals surface area (Å²) in [6, 6.07) is 3.40. The fourth-order valence-electron chi connectivity index (χ4n) is 2.80. The van der Waals surface area contributed by atoms with Crippen LogP contribution in [0.3, 0.4) is 0 Å². The molecule has 1 aliphatic rings. The van der Waals surface area contributed by atoms with E-state index in [-0.39, 0.29) is 17.5 Å². The average Bonchev–Trinajstić information content (AvgIpc) is 2.54. The molecule has 23 heavy (non-hydrogen) atoms. The summed E-state index contributed by atoms with van der Waals surface area (Å²) in [7, 11) is 0. The van der Waals surface area contributed by atoms with Crippen LogP contribution in [0, 0.1) is 17.6 Å². The van der Waals surface area contributed by atoms with Crippen molar-refractivity contribution in [3.63, 3.8) is 0 Å². The van der Waals surface area contributed by atoms with Crippen molar-refractivity contribution < 1.29 is 18.3 Å². The fraction of sp³-hybridized carbons (Fsp3) is 0.588. The summed E-state index contributed by atoms with van der Waals surface area (Å²) in [4.78, 5) is 14.5. The Labute approximate surface area is 135 Å². The summed E-state index contributed by atoms with van der Waals surface area (Å²) in [5.41, 5.74) is 0.133. The first kappa shape index (κ1) is 17.8. The lowest BCUT2D eigenvalue weighted by molar-refractivity contribution is 0.0124. The van der Waals surface area contributed by atoms with Gasteiger partial charge in [0.15, 0.2) is 11.6 Å². The molecular weight excluding hydrogens is 302 g/mol. The summed E-state index contributed by atoms with van der Waals surface area (Å²) >= 11 is 0. The van der Waals surface area contributed by atoms with Gasteiger partial charge in [-0.15, -0.1) is 0 Å². The van der Waals surface area contributed by atoms with Gasteiger partial charge in [0.1, 0.15) is 0 Å². The molecular formula is C17H24F2N2O2. The van der Waals surface area contributed by atoms with Crippen molar-refractivity contribution >= 4 is 5.91 Å². The van der Waals surface area contributed by atoms with Gasteiger partial charge in [-0.2, -0.15) is 0 Å². The molecule has 6 heteroatoms. The zero-order valence-electron chi connectivity index (χ0n) is 13.6. The zero-order chi connectivity index (χ0) is 16.8. The first-order valence-corrected chi connectivity index (χ1v) is 8.02. The number of nitrogens with zero attached hydrogens (tertiary/aromatic N) is 1. The predicted molar refractivity (Wildman–Crippen MR) is 84.3 cm³/mol. The van der Waals surface area contributed by atoms with E-state index in [2.05, 4.69) is 24.1 Å². The summed E-state index contributed by atoms with van der Waals surface area (Å²) in [5.74, 6) is -1.84. The van der Waals surface area contributed by atoms with Gasteiger partial charge >= 0.3 is 0 Å². The Bertz CT molecular complexity index is 531. The average molecular weight is 326 g/mol. The molecule has 1 N–H and O–H groups in total. The zero-order valence-corrected chi connectivity index (χ0v) is 13.6. The molecule has 0 saturated carbocycles. The van der Waals surface area contributed by atoms with E-state index in [1.807, 2.05) is 0 Å². The van der Waals surface area contributed by atoms with E-state index < -0.39 is 11.6 Å². The number of carbonyl (C=O) groups excluding carboxylic acids is 1. The van der Waals surface area contributed by atoms with E-state index >= 15 is 0 Å². The van der Waals surface area contributed by atoms with Crippen LogP contribution in [-0.4, -0.2) is 49.7 Å². The maximum atomic E-state index is 13.2. The minimum absolute atomic E-state index is 0.133. The SMILES string of the molecule is CC(C)CC(CNC(=O)c1ccc(F)c(F)c1)N1CCOCC1. The van der Waals surface area contributed by atoms with Crippen molar-refractivity contribution in [1.29, 1.82) is 0 Å². The number of amides is 1. The third kappa shape index (κ3) is 5.25. The molecule has 4 nitrogen and oxygen atoms in total. The third-order valence-electron chi connectivity index (χ3n) is 3.99. The topological polar surface area (TPSA) is 41.6 Å². The lowest BCUT2D eigenvalue weighted by atomic mass is 10.0. The van der Waals surface area contributed by atoms with Crippen molar-refractivity contribution in [2.45, 2.75) is 26.3 Å². The molecule has 1 fully saturated rings. The van der Waals surface area contributed by atoms with Crippen molar-refractivity contribution in [2.24, 2.45) is 5.92 Å². The second-order valence-corrected chi connectivity index (χ2v) is 6.27. The van der Waals surface area contributed by atoms with Gasteiger partial charge in [0.25, 0.3) is 5.91 Å². The number of benzene rings is 1. The minimum Gasteiger partial charge on any atom is -0.379 e. The number of hydrogen-bond acceptors (Lipinski definition) is 3. The highest BCUT2D eigenvalue weighted by molar-refractivity contribution is 5.94. The second-order valence-electron chi connectivity index (χ2n) is 6.27. The van der Waals surface area contributed by atoms with Crippen LogP contribution in [-0.2, 0) is 4.74 Å². The highest BCUT2D eigenvalue weighted by atomic mass is 19.2. The highest BCUT2D eigenvalue weighted by Crippen LogP contribution is 2.14. The smallest absolute Gasteiger partial charge is 0.251 e. The van der Waals surface area contributed by atoms with Gasteiger partial charge < -0.3 is 10.1 Å². The normalized spacial score (nSPS) is 17.3. The maximum Gasteiger partial charge on any atom is 0.251 e. The van der Waals surface area contributed by atoms with Crippen LogP contribution in [0.2, 0.25) is 0 Å². The van der Waals surface area contributed by atoms with Gasteiger partial charge in [-0.3, -0.25) is 9.69 Å². The van der Waals surface area contributed by atoms with Crippen molar-refractivity contribution in [1.82, 2.24) is 10.2 Å². The molecule has 2 rings (SSSR count). The lowest BCUT2D eigenvalue weighted by Crippen LogP contribution is -2.49. The van der Waals surface area contributed by atoms with Crippen LogP contribution in [0.25, 0.3) is 0 Å². The molecule has 128 valence electrons. The second kappa shape index (κ2) is 8.36. The number of nitrogens with one attached hydrogen (secondary N) is 1. The molecule has 0 aromatic heterocycles. The number of hydrogen-bond donors (Lipinski definition) is 1. The van der Waals surface area contributed by atoms with Gasteiger partial charge in [0.05, 0.1) is 13.2 Å². The molecule has 0 bridgehead atoms. The number of halogens is 2. The molecule has 1 saturated heterocycles. The van der Waals surface area contributed by atoms with Crippen molar-refractivity contribution in [3.8, 4) is 0 Å². The van der Waals surface area contributed by atoms with Crippen LogP contribution in [0.1, 0.15) is 30.6 Å². The van der Waals surface area contributed by atoms with Gasteiger partial charge in [-0.25, -0.2) is 8.78 Å². The summed E-state index contributed by atoms with van der Waals surface area (Å²) in [6.45, 7) is 7.86. The van der Waals surface area contributed by atoms with E-state index in [4.69, 9.17) is 4.74 Å². The standard InChI is InChI=1S/C17H24F2N2O2/c1-12(2)9-14(21-5-7-23-8-6-21)11-20-17(22)13-3-4-15(18)16(19)10-13/h3-4,10,12,14H,5-9,11H2,1-2H3,(H,20,22). The first-order valence-electron chi connectivity index (χ1n) is 8.02. The van der Waals surface area contributed by atoms with Crippen LogP contribution in [0.5, 0.6) is 0 Å². The van der Waals surface area contributed by atoms with Crippen molar-refractivity contribution in [2.75, 3.05) is 32.8 Å². The number of ether oxygens (including phenoxy) is 1. The van der Waals surface area contributed by atoms with E-state index in [1.54, 1.807) is 0 Å². The van der Waals surface area contributed by atoms with E-state index in [1.165, 1.54) is 6.07 Å². The predicted octanol–water partition coefficient (Wildman–Crippen LogP) is 2.44. The van der Waals surface area contributed by atoms with Gasteiger partial charge in [0.2, 0.25) is 0 Å². The quantitative estimate of drug-likeness (QED) is 0.873. The molecule has 1 atom stereocenters. The lowest BCUT2D eigenvalue weighted by Gasteiger charge is -2.35. The largest absolute Gasteiger partial charge is 0.379 e. The molecule has 1 heterocycles. The molecule has 1 aliphatic heterocycles. The van der Waals surface area contributed by atoms with Gasteiger partial charge in [-0.1, -0.05) is 13.8 Å². The number of rotatable bonds is 6. The van der Waals surface area contributed by atoms with Crippen LogP contribution in [0.4, 0.5) is 8.78 Å². The fourth-order valence-corrected chi connectivity index (χ4v) is 2.80. The van der Waals surface area contributed by atoms with E-state index in [0.29, 0.717) is 25.7 Å². The first-order chi connectivity index (χ1) is 11.0. The minimum atomic E-state index is -1.01. The Morgan fingerprint density at radius 2 is 1.96 bits per heavy atom. The highest BCUT2D eigenvalue weighted by Gasteiger charge is 2.22. The molecule has 1 unspecified atom stereocenters. The summed E-state index contributed by atoms with van der Waals surface area (Å²) < 4.78 is 31.5.